The molecule has 0 bridgehead atoms. The first-order chi connectivity index (χ1) is 10.6. The highest BCUT2D eigenvalue weighted by Crippen LogP contribution is 2.21. The van der Waals surface area contributed by atoms with Crippen LogP contribution in [0, 0.1) is 5.82 Å². The molecule has 1 unspecified atom stereocenters. The van der Waals surface area contributed by atoms with Gasteiger partial charge in [-0.2, -0.15) is 0 Å². The van der Waals surface area contributed by atoms with Crippen LogP contribution in [-0.4, -0.2) is 24.3 Å². The highest BCUT2D eigenvalue weighted by molar-refractivity contribution is 5.89. The maximum atomic E-state index is 13.6. The second kappa shape index (κ2) is 7.46. The van der Waals surface area contributed by atoms with Crippen LogP contribution in [0.2, 0.25) is 0 Å². The third-order valence-electron chi connectivity index (χ3n) is 2.82. The Hall–Kier alpha value is -2.54. The Labute approximate surface area is 126 Å². The molecule has 2 amide bonds. The number of hydrogen-bond acceptors (Lipinski definition) is 4. The lowest BCUT2D eigenvalue weighted by Gasteiger charge is -2.11. The zero-order chi connectivity index (χ0) is 15.9. The smallest absolute Gasteiger partial charge is 0.319 e. The predicted octanol–water partition coefficient (Wildman–Crippen LogP) is 2.67. The zero-order valence-electron chi connectivity index (χ0n) is 12.0. The van der Waals surface area contributed by atoms with Gasteiger partial charge in [0.2, 0.25) is 0 Å². The summed E-state index contributed by atoms with van der Waals surface area (Å²) in [6.07, 6.45) is 0.485. The molecule has 0 aliphatic heterocycles. The SMILES string of the molecule is CCOc1ccc(NC(=O)NCC(O)c2ccco2)cc1F. The summed E-state index contributed by atoms with van der Waals surface area (Å²) in [6, 6.07) is 6.80. The Morgan fingerprint density at radius 2 is 2.27 bits per heavy atom. The minimum atomic E-state index is -0.946. The van der Waals surface area contributed by atoms with Crippen LogP contribution >= 0.6 is 0 Å². The highest BCUT2D eigenvalue weighted by atomic mass is 19.1. The number of rotatable bonds is 6. The zero-order valence-corrected chi connectivity index (χ0v) is 12.0. The van der Waals surface area contributed by atoms with Crippen molar-refractivity contribution >= 4 is 11.7 Å². The number of aliphatic hydroxyl groups is 1. The van der Waals surface area contributed by atoms with Crippen LogP contribution in [-0.2, 0) is 0 Å². The van der Waals surface area contributed by atoms with Crippen molar-refractivity contribution in [2.45, 2.75) is 13.0 Å². The van der Waals surface area contributed by atoms with E-state index in [4.69, 9.17) is 9.15 Å². The molecule has 1 aromatic heterocycles. The van der Waals surface area contributed by atoms with Crippen molar-refractivity contribution in [3.8, 4) is 5.75 Å². The monoisotopic (exact) mass is 308 g/mol. The Bertz CT molecular complexity index is 616. The quantitative estimate of drug-likeness (QED) is 0.766. The predicted molar refractivity (Wildman–Crippen MR) is 78.3 cm³/mol. The van der Waals surface area contributed by atoms with Gasteiger partial charge in [-0.05, 0) is 31.2 Å². The highest BCUT2D eigenvalue weighted by Gasteiger charge is 2.12. The average molecular weight is 308 g/mol. The number of aliphatic hydroxyl groups excluding tert-OH is 1. The number of hydrogen-bond donors (Lipinski definition) is 3. The van der Waals surface area contributed by atoms with E-state index in [1.807, 2.05) is 0 Å². The number of nitrogens with one attached hydrogen (secondary N) is 2. The number of halogens is 1. The fourth-order valence-corrected chi connectivity index (χ4v) is 1.80. The van der Waals surface area contributed by atoms with Crippen molar-refractivity contribution in [3.63, 3.8) is 0 Å². The first-order valence-corrected chi connectivity index (χ1v) is 6.78. The minimum absolute atomic E-state index is 0.0289. The summed E-state index contributed by atoms with van der Waals surface area (Å²) in [6.45, 7) is 2.08. The van der Waals surface area contributed by atoms with E-state index in [0.29, 0.717) is 12.4 Å². The lowest BCUT2D eigenvalue weighted by atomic mass is 10.2. The van der Waals surface area contributed by atoms with Crippen molar-refractivity contribution in [3.05, 3.63) is 48.2 Å². The summed E-state index contributed by atoms with van der Waals surface area (Å²) in [5.74, 6) is -0.0793. The van der Waals surface area contributed by atoms with Gasteiger partial charge in [0.05, 0.1) is 19.4 Å². The van der Waals surface area contributed by atoms with E-state index in [-0.39, 0.29) is 18.0 Å². The Morgan fingerprint density at radius 1 is 1.45 bits per heavy atom. The Kier molecular flexibility index (Phi) is 5.37. The number of anilines is 1. The van der Waals surface area contributed by atoms with Crippen LogP contribution in [0.25, 0.3) is 0 Å². The molecule has 0 saturated carbocycles. The molecule has 2 rings (SSSR count). The van der Waals surface area contributed by atoms with Gasteiger partial charge in [-0.25, -0.2) is 9.18 Å². The maximum absolute atomic E-state index is 13.6. The van der Waals surface area contributed by atoms with Crippen LogP contribution in [0.5, 0.6) is 5.75 Å². The van der Waals surface area contributed by atoms with Gasteiger partial charge < -0.3 is 24.9 Å². The molecule has 7 heteroatoms. The van der Waals surface area contributed by atoms with Crippen molar-refractivity contribution < 1.29 is 23.4 Å². The number of carbonyl (C=O) groups excluding carboxylic acids is 1. The van der Waals surface area contributed by atoms with Gasteiger partial charge in [-0.3, -0.25) is 0 Å². The number of ether oxygens (including phenoxy) is 1. The molecule has 22 heavy (non-hydrogen) atoms. The topological polar surface area (TPSA) is 83.7 Å². The first-order valence-electron chi connectivity index (χ1n) is 6.78. The molecule has 0 aliphatic rings. The van der Waals surface area contributed by atoms with E-state index in [1.165, 1.54) is 18.4 Å². The van der Waals surface area contributed by atoms with Crippen LogP contribution in [0.3, 0.4) is 0 Å². The number of benzene rings is 1. The third-order valence-corrected chi connectivity index (χ3v) is 2.82. The molecule has 1 aromatic carbocycles. The molecule has 6 nitrogen and oxygen atoms in total. The van der Waals surface area contributed by atoms with Crippen LogP contribution in [0.1, 0.15) is 18.8 Å². The van der Waals surface area contributed by atoms with Crippen molar-refractivity contribution in [1.82, 2.24) is 5.32 Å². The van der Waals surface area contributed by atoms with Crippen LogP contribution < -0.4 is 15.4 Å². The molecule has 1 atom stereocenters. The molecular weight excluding hydrogens is 291 g/mol. The van der Waals surface area contributed by atoms with E-state index in [0.717, 1.165) is 6.07 Å². The molecule has 118 valence electrons. The molecule has 0 spiro atoms. The van der Waals surface area contributed by atoms with Crippen molar-refractivity contribution in [1.29, 1.82) is 0 Å². The molecular formula is C15H17FN2O4. The third kappa shape index (κ3) is 4.23. The molecule has 2 aromatic rings. The number of urea groups is 1. The summed E-state index contributed by atoms with van der Waals surface area (Å²) in [7, 11) is 0. The van der Waals surface area contributed by atoms with Crippen molar-refractivity contribution in [2.24, 2.45) is 0 Å². The van der Waals surface area contributed by atoms with Gasteiger partial charge in [-0.1, -0.05) is 0 Å². The summed E-state index contributed by atoms with van der Waals surface area (Å²) in [5.41, 5.74) is 0.283. The minimum Gasteiger partial charge on any atom is -0.491 e. The molecule has 0 fully saturated rings. The van der Waals surface area contributed by atoms with E-state index in [2.05, 4.69) is 10.6 Å². The fraction of sp³-hybridized carbons (Fsp3) is 0.267. The first kappa shape index (κ1) is 15.8. The lowest BCUT2D eigenvalue weighted by molar-refractivity contribution is 0.149. The molecule has 0 aliphatic carbocycles. The Morgan fingerprint density at radius 3 is 2.91 bits per heavy atom. The van der Waals surface area contributed by atoms with E-state index >= 15 is 0 Å². The van der Waals surface area contributed by atoms with E-state index in [1.54, 1.807) is 19.1 Å². The summed E-state index contributed by atoms with van der Waals surface area (Å²) < 4.78 is 23.7. The molecule has 0 saturated heterocycles. The van der Waals surface area contributed by atoms with Gasteiger partial charge in [-0.15, -0.1) is 0 Å². The van der Waals surface area contributed by atoms with Gasteiger partial charge in [0.1, 0.15) is 11.9 Å². The van der Waals surface area contributed by atoms with Crippen LogP contribution in [0.4, 0.5) is 14.9 Å². The Balaban J connectivity index is 1.85. The maximum Gasteiger partial charge on any atom is 0.319 e. The van der Waals surface area contributed by atoms with Gasteiger partial charge >= 0.3 is 6.03 Å². The van der Waals surface area contributed by atoms with E-state index in [9.17, 15) is 14.3 Å². The van der Waals surface area contributed by atoms with Crippen molar-refractivity contribution in [2.75, 3.05) is 18.5 Å². The molecule has 3 N–H and O–H groups in total. The second-order valence-corrected chi connectivity index (χ2v) is 4.44. The number of amides is 2. The summed E-state index contributed by atoms with van der Waals surface area (Å²) in [4.78, 5) is 11.7. The average Bonchev–Trinajstić information content (AvgIpc) is 3.02. The summed E-state index contributed by atoms with van der Waals surface area (Å²) in [5, 5.41) is 14.7. The van der Waals surface area contributed by atoms with Gasteiger partial charge in [0.15, 0.2) is 11.6 Å². The van der Waals surface area contributed by atoms with Gasteiger partial charge in [0.25, 0.3) is 0 Å². The lowest BCUT2D eigenvalue weighted by Crippen LogP contribution is -2.32. The van der Waals surface area contributed by atoms with Gasteiger partial charge in [0, 0.05) is 11.8 Å². The largest absolute Gasteiger partial charge is 0.491 e. The number of carbonyl (C=O) groups is 1. The van der Waals surface area contributed by atoms with Crippen LogP contribution in [0.15, 0.2) is 41.0 Å². The molecule has 0 radical (unpaired) electrons. The second-order valence-electron chi connectivity index (χ2n) is 4.44. The standard InChI is InChI=1S/C15H17FN2O4/c1-2-21-13-6-5-10(8-11(13)16)18-15(20)17-9-12(19)14-4-3-7-22-14/h3-8,12,19H,2,9H2,1H3,(H2,17,18,20). The molecule has 1 heterocycles. The fourth-order valence-electron chi connectivity index (χ4n) is 1.80. The number of furan rings is 1. The summed E-state index contributed by atoms with van der Waals surface area (Å²) >= 11 is 0. The normalized spacial score (nSPS) is 11.8. The van der Waals surface area contributed by atoms with E-state index < -0.39 is 18.0 Å².